The van der Waals surface area contributed by atoms with E-state index in [0.29, 0.717) is 17.7 Å². The Morgan fingerprint density at radius 2 is 1.95 bits per heavy atom. The van der Waals surface area contributed by atoms with Crippen LogP contribution >= 0.6 is 0 Å². The van der Waals surface area contributed by atoms with Crippen LogP contribution in [-0.4, -0.2) is 48.8 Å². The van der Waals surface area contributed by atoms with E-state index in [4.69, 9.17) is 4.74 Å². The number of methoxy groups -OCH3 is 1. The SMILES string of the molecule is COC1CCC(N2CC3(CCCC3)NCC2C(C)C)C1. The number of nitrogens with zero attached hydrogens (tertiary/aromatic N) is 1. The predicted octanol–water partition coefficient (Wildman–Crippen LogP) is 2.80. The molecule has 1 N–H and O–H groups in total. The summed E-state index contributed by atoms with van der Waals surface area (Å²) in [4.78, 5) is 2.87. The molecular formula is C17H32N2O. The predicted molar refractivity (Wildman–Crippen MR) is 83.0 cm³/mol. The van der Waals surface area contributed by atoms with E-state index < -0.39 is 0 Å². The van der Waals surface area contributed by atoms with E-state index >= 15 is 0 Å². The van der Waals surface area contributed by atoms with Crippen molar-refractivity contribution >= 4 is 0 Å². The summed E-state index contributed by atoms with van der Waals surface area (Å²) >= 11 is 0. The maximum absolute atomic E-state index is 5.60. The second kappa shape index (κ2) is 5.94. The normalized spacial score (nSPS) is 38.1. The van der Waals surface area contributed by atoms with E-state index in [0.717, 1.165) is 12.0 Å². The van der Waals surface area contributed by atoms with Gasteiger partial charge in [-0.25, -0.2) is 0 Å². The van der Waals surface area contributed by atoms with Crippen molar-refractivity contribution in [3.63, 3.8) is 0 Å². The van der Waals surface area contributed by atoms with Gasteiger partial charge < -0.3 is 10.1 Å². The number of piperazine rings is 1. The van der Waals surface area contributed by atoms with Gasteiger partial charge in [-0.2, -0.15) is 0 Å². The molecule has 1 heterocycles. The van der Waals surface area contributed by atoms with Crippen molar-refractivity contribution in [1.29, 1.82) is 0 Å². The lowest BCUT2D eigenvalue weighted by Gasteiger charge is -2.50. The molecule has 3 nitrogen and oxygen atoms in total. The van der Waals surface area contributed by atoms with Gasteiger partial charge in [0.1, 0.15) is 0 Å². The molecule has 2 saturated carbocycles. The average molecular weight is 280 g/mol. The first-order valence-electron chi connectivity index (χ1n) is 8.67. The van der Waals surface area contributed by atoms with E-state index in [1.807, 2.05) is 7.11 Å². The quantitative estimate of drug-likeness (QED) is 0.860. The number of hydrogen-bond acceptors (Lipinski definition) is 3. The van der Waals surface area contributed by atoms with Gasteiger partial charge in [0, 0.05) is 37.8 Å². The van der Waals surface area contributed by atoms with Crippen molar-refractivity contribution in [2.75, 3.05) is 20.2 Å². The van der Waals surface area contributed by atoms with Crippen LogP contribution in [0.4, 0.5) is 0 Å². The lowest BCUT2D eigenvalue weighted by atomic mass is 9.87. The molecule has 0 bridgehead atoms. The minimum atomic E-state index is 0.441. The Labute approximate surface area is 124 Å². The van der Waals surface area contributed by atoms with Crippen molar-refractivity contribution in [2.24, 2.45) is 5.92 Å². The van der Waals surface area contributed by atoms with Crippen molar-refractivity contribution in [3.05, 3.63) is 0 Å². The molecule has 0 aromatic rings. The topological polar surface area (TPSA) is 24.5 Å². The molecule has 3 rings (SSSR count). The van der Waals surface area contributed by atoms with Crippen LogP contribution in [0.25, 0.3) is 0 Å². The second-order valence-corrected chi connectivity index (χ2v) is 7.68. The Kier molecular flexibility index (Phi) is 4.40. The van der Waals surface area contributed by atoms with Crippen LogP contribution < -0.4 is 5.32 Å². The molecule has 1 spiro atoms. The van der Waals surface area contributed by atoms with Gasteiger partial charge >= 0.3 is 0 Å². The third kappa shape index (κ3) is 2.77. The van der Waals surface area contributed by atoms with E-state index in [2.05, 4.69) is 24.1 Å². The zero-order valence-corrected chi connectivity index (χ0v) is 13.5. The van der Waals surface area contributed by atoms with Gasteiger partial charge in [-0.1, -0.05) is 26.7 Å². The fourth-order valence-corrected chi connectivity index (χ4v) is 4.80. The fourth-order valence-electron chi connectivity index (χ4n) is 4.80. The second-order valence-electron chi connectivity index (χ2n) is 7.68. The highest BCUT2D eigenvalue weighted by atomic mass is 16.5. The zero-order valence-electron chi connectivity index (χ0n) is 13.5. The first kappa shape index (κ1) is 14.8. The van der Waals surface area contributed by atoms with E-state index in [9.17, 15) is 0 Å². The van der Waals surface area contributed by atoms with Crippen molar-refractivity contribution in [3.8, 4) is 0 Å². The number of rotatable bonds is 3. The van der Waals surface area contributed by atoms with Gasteiger partial charge in [-0.3, -0.25) is 4.90 Å². The molecule has 0 amide bonds. The standard InChI is InChI=1S/C17H32N2O/c1-13(2)16-11-18-17(8-4-5-9-17)12-19(16)14-6-7-15(10-14)20-3/h13-16,18H,4-12H2,1-3H3. The molecule has 3 atom stereocenters. The summed E-state index contributed by atoms with van der Waals surface area (Å²) in [5.74, 6) is 0.739. The molecule has 0 radical (unpaired) electrons. The Morgan fingerprint density at radius 1 is 1.20 bits per heavy atom. The Morgan fingerprint density at radius 3 is 2.55 bits per heavy atom. The first-order chi connectivity index (χ1) is 9.63. The lowest BCUT2D eigenvalue weighted by Crippen LogP contribution is -2.66. The summed E-state index contributed by atoms with van der Waals surface area (Å²) in [6.07, 6.45) is 9.93. The summed E-state index contributed by atoms with van der Waals surface area (Å²) in [6.45, 7) is 7.23. The molecule has 3 unspecified atom stereocenters. The molecule has 0 aromatic carbocycles. The molecule has 1 saturated heterocycles. The summed E-state index contributed by atoms with van der Waals surface area (Å²) in [7, 11) is 1.88. The third-order valence-electron chi connectivity index (χ3n) is 6.09. The highest BCUT2D eigenvalue weighted by molar-refractivity contribution is 5.04. The lowest BCUT2D eigenvalue weighted by molar-refractivity contribution is 0.0162. The van der Waals surface area contributed by atoms with Gasteiger partial charge in [0.25, 0.3) is 0 Å². The molecule has 3 fully saturated rings. The van der Waals surface area contributed by atoms with Crippen molar-refractivity contribution in [2.45, 2.75) is 82.5 Å². The third-order valence-corrected chi connectivity index (χ3v) is 6.09. The minimum Gasteiger partial charge on any atom is -0.381 e. The van der Waals surface area contributed by atoms with E-state index in [1.165, 1.54) is 58.0 Å². The molecule has 20 heavy (non-hydrogen) atoms. The highest BCUT2D eigenvalue weighted by Crippen LogP contribution is 2.38. The molecule has 3 heteroatoms. The van der Waals surface area contributed by atoms with Crippen LogP contribution in [0.1, 0.15) is 58.8 Å². The number of nitrogens with one attached hydrogen (secondary N) is 1. The highest BCUT2D eigenvalue weighted by Gasteiger charge is 2.45. The van der Waals surface area contributed by atoms with Gasteiger partial charge in [-0.15, -0.1) is 0 Å². The van der Waals surface area contributed by atoms with Crippen LogP contribution in [-0.2, 0) is 4.74 Å². The van der Waals surface area contributed by atoms with Crippen LogP contribution in [0.3, 0.4) is 0 Å². The number of hydrogen-bond donors (Lipinski definition) is 1. The minimum absolute atomic E-state index is 0.441. The van der Waals surface area contributed by atoms with Crippen molar-refractivity contribution < 1.29 is 4.74 Å². The smallest absolute Gasteiger partial charge is 0.0586 e. The van der Waals surface area contributed by atoms with E-state index in [-0.39, 0.29) is 0 Å². The summed E-state index contributed by atoms with van der Waals surface area (Å²) in [5, 5.41) is 3.93. The summed E-state index contributed by atoms with van der Waals surface area (Å²) in [6, 6.07) is 1.47. The monoisotopic (exact) mass is 280 g/mol. The van der Waals surface area contributed by atoms with Crippen LogP contribution in [0.5, 0.6) is 0 Å². The molecule has 2 aliphatic carbocycles. The van der Waals surface area contributed by atoms with Gasteiger partial charge in [0.05, 0.1) is 6.10 Å². The number of ether oxygens (including phenoxy) is 1. The molecule has 116 valence electrons. The largest absolute Gasteiger partial charge is 0.381 e. The van der Waals surface area contributed by atoms with Crippen molar-refractivity contribution in [1.82, 2.24) is 10.2 Å². The zero-order chi connectivity index (χ0) is 14.2. The first-order valence-corrected chi connectivity index (χ1v) is 8.67. The van der Waals surface area contributed by atoms with Crippen LogP contribution in [0.2, 0.25) is 0 Å². The Hall–Kier alpha value is -0.120. The fraction of sp³-hybridized carbons (Fsp3) is 1.00. The molecule has 1 aliphatic heterocycles. The van der Waals surface area contributed by atoms with Gasteiger partial charge in [0.15, 0.2) is 0 Å². The molecule has 3 aliphatic rings. The Bertz CT molecular complexity index is 325. The van der Waals surface area contributed by atoms with Gasteiger partial charge in [0.2, 0.25) is 0 Å². The maximum atomic E-state index is 5.60. The van der Waals surface area contributed by atoms with E-state index in [1.54, 1.807) is 0 Å². The van der Waals surface area contributed by atoms with Crippen LogP contribution in [0.15, 0.2) is 0 Å². The summed E-state index contributed by atoms with van der Waals surface area (Å²) < 4.78 is 5.60. The molecular weight excluding hydrogens is 248 g/mol. The van der Waals surface area contributed by atoms with Crippen LogP contribution in [0, 0.1) is 5.92 Å². The Balaban J connectivity index is 1.72. The average Bonchev–Trinajstić information content (AvgIpc) is 3.08. The maximum Gasteiger partial charge on any atom is 0.0586 e. The summed E-state index contributed by atoms with van der Waals surface area (Å²) in [5.41, 5.74) is 0.441. The van der Waals surface area contributed by atoms with Gasteiger partial charge in [-0.05, 0) is 38.0 Å². The molecule has 0 aromatic heterocycles.